The number of nitro benzene ring substituents is 1. The van der Waals surface area contributed by atoms with Gasteiger partial charge in [0.15, 0.2) is 0 Å². The molecule has 7 nitrogen and oxygen atoms in total. The quantitative estimate of drug-likeness (QED) is 0.552. The molecule has 0 fully saturated rings. The molecule has 2 rings (SSSR count). The molecule has 27 heavy (non-hydrogen) atoms. The minimum atomic E-state index is -1.29. The molecule has 0 radical (unpaired) electrons. The summed E-state index contributed by atoms with van der Waals surface area (Å²) in [5.41, 5.74) is -0.0990. The number of hydrogen-bond donors (Lipinski definition) is 2. The zero-order valence-corrected chi connectivity index (χ0v) is 15.4. The Kier molecular flexibility index (Phi) is 5.68. The Morgan fingerprint density at radius 2 is 1.93 bits per heavy atom. The first-order valence-electron chi connectivity index (χ1n) is 8.21. The maximum atomic E-state index is 13.3. The number of hydrogen-bond acceptors (Lipinski definition) is 4. The standard InChI is InChI=1S/C19H21FN2O5/c1-11-9-12(20)5-8-16(11)27-13-6-7-15(22(25)26)14(10-13)17(19(2,3)4)21-18(23)24/h5-10,17,21H,1-4H3,(H,23,24). The predicted octanol–water partition coefficient (Wildman–Crippen LogP) is 5.19. The summed E-state index contributed by atoms with van der Waals surface area (Å²) in [5, 5.41) is 23.0. The molecule has 0 aliphatic carbocycles. The maximum Gasteiger partial charge on any atom is 0.405 e. The van der Waals surface area contributed by atoms with Crippen LogP contribution in [0.2, 0.25) is 0 Å². The SMILES string of the molecule is Cc1cc(F)ccc1Oc1ccc([N+](=O)[O-])c(C(NC(=O)O)C(C)(C)C)c1. The molecule has 0 saturated carbocycles. The Morgan fingerprint density at radius 3 is 2.44 bits per heavy atom. The number of rotatable bonds is 5. The van der Waals surface area contributed by atoms with Crippen LogP contribution in [0.25, 0.3) is 0 Å². The molecular weight excluding hydrogens is 355 g/mol. The lowest BCUT2D eigenvalue weighted by molar-refractivity contribution is -0.386. The molecule has 2 aromatic rings. The van der Waals surface area contributed by atoms with Gasteiger partial charge in [-0.05, 0) is 48.2 Å². The fourth-order valence-corrected chi connectivity index (χ4v) is 2.73. The first-order valence-corrected chi connectivity index (χ1v) is 8.21. The highest BCUT2D eigenvalue weighted by atomic mass is 19.1. The molecule has 2 aromatic carbocycles. The number of carboxylic acid groups (broad SMARTS) is 1. The van der Waals surface area contributed by atoms with Gasteiger partial charge >= 0.3 is 6.09 Å². The predicted molar refractivity (Wildman–Crippen MR) is 97.7 cm³/mol. The number of aryl methyl sites for hydroxylation is 1. The summed E-state index contributed by atoms with van der Waals surface area (Å²) in [7, 11) is 0. The van der Waals surface area contributed by atoms with Gasteiger partial charge in [-0.1, -0.05) is 20.8 Å². The molecule has 0 aromatic heterocycles. The largest absolute Gasteiger partial charge is 0.465 e. The molecule has 8 heteroatoms. The van der Waals surface area contributed by atoms with Gasteiger partial charge in [0.1, 0.15) is 17.3 Å². The van der Waals surface area contributed by atoms with Crippen LogP contribution in [0.4, 0.5) is 14.9 Å². The van der Waals surface area contributed by atoms with Crippen LogP contribution in [0.5, 0.6) is 11.5 Å². The zero-order chi connectivity index (χ0) is 20.4. The van der Waals surface area contributed by atoms with Crippen LogP contribution >= 0.6 is 0 Å². The molecule has 2 N–H and O–H groups in total. The molecule has 1 unspecified atom stereocenters. The van der Waals surface area contributed by atoms with E-state index in [2.05, 4.69) is 5.32 Å². The van der Waals surface area contributed by atoms with Crippen LogP contribution in [0.3, 0.4) is 0 Å². The van der Waals surface area contributed by atoms with E-state index >= 15 is 0 Å². The van der Waals surface area contributed by atoms with Crippen LogP contribution in [0, 0.1) is 28.3 Å². The smallest absolute Gasteiger partial charge is 0.405 e. The first-order chi connectivity index (χ1) is 12.5. The highest BCUT2D eigenvalue weighted by Gasteiger charge is 2.33. The highest BCUT2D eigenvalue weighted by Crippen LogP contribution is 2.40. The number of halogens is 1. The van der Waals surface area contributed by atoms with Crippen molar-refractivity contribution in [1.82, 2.24) is 5.32 Å². The van der Waals surface area contributed by atoms with Crippen LogP contribution in [0.15, 0.2) is 36.4 Å². The van der Waals surface area contributed by atoms with Crippen molar-refractivity contribution in [3.63, 3.8) is 0 Å². The molecule has 0 saturated heterocycles. The zero-order valence-electron chi connectivity index (χ0n) is 15.4. The third-order valence-electron chi connectivity index (χ3n) is 4.01. The summed E-state index contributed by atoms with van der Waals surface area (Å²) < 4.78 is 19.0. The van der Waals surface area contributed by atoms with Crippen molar-refractivity contribution < 1.29 is 24.0 Å². The monoisotopic (exact) mass is 376 g/mol. The highest BCUT2D eigenvalue weighted by molar-refractivity contribution is 5.66. The van der Waals surface area contributed by atoms with E-state index in [0.717, 1.165) is 0 Å². The summed E-state index contributed by atoms with van der Waals surface area (Å²) in [5.74, 6) is 0.282. The van der Waals surface area contributed by atoms with Gasteiger partial charge in [-0.15, -0.1) is 0 Å². The van der Waals surface area contributed by atoms with E-state index in [0.29, 0.717) is 11.3 Å². The molecule has 1 atom stereocenters. The number of nitro groups is 1. The Hall–Kier alpha value is -3.16. The summed E-state index contributed by atoms with van der Waals surface area (Å²) >= 11 is 0. The van der Waals surface area contributed by atoms with Crippen LogP contribution in [-0.4, -0.2) is 16.1 Å². The third kappa shape index (κ3) is 4.93. The van der Waals surface area contributed by atoms with Crippen molar-refractivity contribution in [2.75, 3.05) is 0 Å². The van der Waals surface area contributed by atoms with E-state index in [1.807, 2.05) is 0 Å². The van der Waals surface area contributed by atoms with Gasteiger partial charge in [-0.3, -0.25) is 10.1 Å². The van der Waals surface area contributed by atoms with E-state index < -0.39 is 28.3 Å². The van der Waals surface area contributed by atoms with Gasteiger partial charge in [0.2, 0.25) is 0 Å². The topological polar surface area (TPSA) is 102 Å². The molecule has 0 spiro atoms. The molecule has 144 valence electrons. The molecule has 0 aliphatic heterocycles. The second kappa shape index (κ2) is 7.61. The van der Waals surface area contributed by atoms with Gasteiger partial charge in [0.05, 0.1) is 16.5 Å². The van der Waals surface area contributed by atoms with Crippen molar-refractivity contribution in [3.05, 3.63) is 63.5 Å². The average molecular weight is 376 g/mol. The van der Waals surface area contributed by atoms with Gasteiger partial charge in [-0.25, -0.2) is 9.18 Å². The fourth-order valence-electron chi connectivity index (χ4n) is 2.73. The van der Waals surface area contributed by atoms with Crippen LogP contribution in [-0.2, 0) is 0 Å². The maximum absolute atomic E-state index is 13.3. The van der Waals surface area contributed by atoms with Gasteiger partial charge in [0.25, 0.3) is 5.69 Å². The number of nitrogens with zero attached hydrogens (tertiary/aromatic N) is 1. The molecule has 0 heterocycles. The Balaban J connectivity index is 2.52. The number of amides is 1. The normalized spacial score (nSPS) is 12.3. The second-order valence-electron chi connectivity index (χ2n) is 7.24. The number of nitrogens with one attached hydrogen (secondary N) is 1. The Bertz CT molecular complexity index is 877. The van der Waals surface area contributed by atoms with E-state index in [4.69, 9.17) is 9.84 Å². The van der Waals surface area contributed by atoms with Crippen molar-refractivity contribution >= 4 is 11.8 Å². The summed E-state index contributed by atoms with van der Waals surface area (Å²) in [6.45, 7) is 6.99. The van der Waals surface area contributed by atoms with Crippen molar-refractivity contribution in [3.8, 4) is 11.5 Å². The van der Waals surface area contributed by atoms with Crippen LogP contribution in [0.1, 0.15) is 37.9 Å². The second-order valence-corrected chi connectivity index (χ2v) is 7.24. The van der Waals surface area contributed by atoms with E-state index in [1.54, 1.807) is 27.7 Å². The molecule has 0 bridgehead atoms. The number of carbonyl (C=O) groups is 1. The fraction of sp³-hybridized carbons (Fsp3) is 0.316. The lowest BCUT2D eigenvalue weighted by Gasteiger charge is -2.30. The first kappa shape index (κ1) is 20.2. The van der Waals surface area contributed by atoms with Gasteiger partial charge in [-0.2, -0.15) is 0 Å². The average Bonchev–Trinajstić information content (AvgIpc) is 2.54. The van der Waals surface area contributed by atoms with E-state index in [-0.39, 0.29) is 17.0 Å². The van der Waals surface area contributed by atoms with E-state index in [9.17, 15) is 19.3 Å². The lowest BCUT2D eigenvalue weighted by Crippen LogP contribution is -2.36. The molecule has 0 aliphatic rings. The summed E-state index contributed by atoms with van der Waals surface area (Å²) in [4.78, 5) is 22.1. The number of ether oxygens (including phenoxy) is 1. The molecule has 1 amide bonds. The Labute approximate surface area is 155 Å². The third-order valence-corrected chi connectivity index (χ3v) is 4.01. The van der Waals surface area contributed by atoms with E-state index in [1.165, 1.54) is 36.4 Å². The summed E-state index contributed by atoms with van der Waals surface area (Å²) in [6.07, 6.45) is -1.29. The molecular formula is C19H21FN2O5. The van der Waals surface area contributed by atoms with Gasteiger partial charge < -0.3 is 15.2 Å². The summed E-state index contributed by atoms with van der Waals surface area (Å²) in [6, 6.07) is 7.31. The van der Waals surface area contributed by atoms with Crippen LogP contribution < -0.4 is 10.1 Å². The van der Waals surface area contributed by atoms with Crippen molar-refractivity contribution in [1.29, 1.82) is 0 Å². The lowest BCUT2D eigenvalue weighted by atomic mass is 9.81. The van der Waals surface area contributed by atoms with Gasteiger partial charge in [0, 0.05) is 6.07 Å². The minimum absolute atomic E-state index is 0.187. The number of benzene rings is 2. The van der Waals surface area contributed by atoms with Crippen molar-refractivity contribution in [2.24, 2.45) is 5.41 Å². The minimum Gasteiger partial charge on any atom is -0.465 e. The Morgan fingerprint density at radius 1 is 1.26 bits per heavy atom. The van der Waals surface area contributed by atoms with Crippen molar-refractivity contribution in [2.45, 2.75) is 33.7 Å².